The van der Waals surface area contributed by atoms with Gasteiger partial charge in [-0.2, -0.15) is 12.6 Å². The van der Waals surface area contributed by atoms with Crippen LogP contribution in [-0.2, 0) is 4.74 Å². The van der Waals surface area contributed by atoms with Crippen molar-refractivity contribution in [3.8, 4) is 0 Å². The van der Waals surface area contributed by atoms with Crippen LogP contribution in [0, 0.1) is 6.92 Å². The minimum atomic E-state index is -0.362. The second-order valence-electron chi connectivity index (χ2n) is 5.14. The lowest BCUT2D eigenvalue weighted by molar-refractivity contribution is 0.0400. The van der Waals surface area contributed by atoms with Crippen molar-refractivity contribution in [3.63, 3.8) is 0 Å². The maximum Gasteiger partial charge on any atom is 0.253 e. The summed E-state index contributed by atoms with van der Waals surface area (Å²) >= 11 is 4.56. The lowest BCUT2D eigenvalue weighted by Gasteiger charge is -2.19. The zero-order chi connectivity index (χ0) is 17.1. The maximum atomic E-state index is 12.1. The van der Waals surface area contributed by atoms with E-state index >= 15 is 0 Å². The van der Waals surface area contributed by atoms with E-state index in [4.69, 9.17) is 10.5 Å². The number of carbonyl (C=O) groups is 1. The molecule has 2 aromatic rings. The average Bonchev–Trinajstić information content (AvgIpc) is 2.91. The molecule has 2 atom stereocenters. The molecule has 0 spiro atoms. The number of fused-ring (bicyclic) bond motifs is 1. The third-order valence-electron chi connectivity index (χ3n) is 3.62. The van der Waals surface area contributed by atoms with E-state index in [1.165, 1.54) is 7.11 Å². The number of aliphatic hydroxyl groups is 1. The van der Waals surface area contributed by atoms with E-state index in [1.54, 1.807) is 24.7 Å². The first kappa shape index (κ1) is 17.5. The highest BCUT2D eigenvalue weighted by Gasteiger charge is 2.23. The summed E-state index contributed by atoms with van der Waals surface area (Å²) in [5, 5.41) is 12.0. The monoisotopic (exact) mass is 339 g/mol. The lowest BCUT2D eigenvalue weighted by atomic mass is 10.2. The Hall–Kier alpha value is -1.84. The molecule has 0 aliphatic rings. The van der Waals surface area contributed by atoms with Crippen LogP contribution in [0.3, 0.4) is 0 Å². The Morgan fingerprint density at radius 3 is 2.83 bits per heavy atom. The van der Waals surface area contributed by atoms with Gasteiger partial charge in [0.2, 0.25) is 0 Å². The fourth-order valence-electron chi connectivity index (χ4n) is 2.42. The molecule has 2 rings (SSSR count). The van der Waals surface area contributed by atoms with Crippen molar-refractivity contribution in [1.29, 1.82) is 0 Å². The number of nitrogens with zero attached hydrogens (tertiary/aromatic N) is 3. The second kappa shape index (κ2) is 7.16. The van der Waals surface area contributed by atoms with E-state index < -0.39 is 0 Å². The van der Waals surface area contributed by atoms with Crippen LogP contribution >= 0.6 is 12.6 Å². The summed E-state index contributed by atoms with van der Waals surface area (Å²) < 4.78 is 6.92. The van der Waals surface area contributed by atoms with Gasteiger partial charge in [0, 0.05) is 26.8 Å². The first-order valence-corrected chi connectivity index (χ1v) is 7.63. The SMILES string of the molecule is CNC(=O)c1cn([C@@H](S)C[C@@H](CO)OC)c2nc(C)nc(N)c12. The van der Waals surface area contributed by atoms with E-state index in [0.29, 0.717) is 28.8 Å². The van der Waals surface area contributed by atoms with Crippen molar-refractivity contribution in [1.82, 2.24) is 19.9 Å². The van der Waals surface area contributed by atoms with Crippen molar-refractivity contribution >= 4 is 35.4 Å². The molecule has 4 N–H and O–H groups in total. The Labute approximate surface area is 139 Å². The number of rotatable bonds is 6. The first-order chi connectivity index (χ1) is 10.9. The minimum absolute atomic E-state index is 0.120. The molecule has 2 aromatic heterocycles. The van der Waals surface area contributed by atoms with E-state index in [0.717, 1.165) is 0 Å². The molecular weight excluding hydrogens is 318 g/mol. The summed E-state index contributed by atoms with van der Waals surface area (Å²) in [5.74, 6) is 0.471. The number of hydrogen-bond acceptors (Lipinski definition) is 7. The number of aliphatic hydroxyl groups excluding tert-OH is 1. The Kier molecular flexibility index (Phi) is 5.45. The molecule has 23 heavy (non-hydrogen) atoms. The molecule has 0 unspecified atom stereocenters. The molecule has 8 nitrogen and oxygen atoms in total. The fraction of sp³-hybridized carbons (Fsp3) is 0.500. The molecule has 0 radical (unpaired) electrons. The Bertz CT molecular complexity index is 714. The van der Waals surface area contributed by atoms with Gasteiger partial charge in [0.1, 0.15) is 17.3 Å². The van der Waals surface area contributed by atoms with Gasteiger partial charge in [0.05, 0.1) is 29.0 Å². The fourth-order valence-corrected chi connectivity index (χ4v) is 2.83. The molecule has 1 amide bonds. The van der Waals surface area contributed by atoms with Crippen LogP contribution in [0.2, 0.25) is 0 Å². The standard InChI is InChI=1S/C14H21N5O3S/c1-7-17-12(15)11-9(14(21)16-2)5-19(13(11)18-7)10(23)4-8(6-20)22-3/h5,8,10,20,23H,4,6H2,1-3H3,(H,16,21)(H2,15,17,18)/t8-,10-/m0/s1. The molecule has 0 aromatic carbocycles. The van der Waals surface area contributed by atoms with Crippen molar-refractivity contribution in [3.05, 3.63) is 17.6 Å². The Morgan fingerprint density at radius 2 is 2.26 bits per heavy atom. The Balaban J connectivity index is 2.57. The predicted molar refractivity (Wildman–Crippen MR) is 90.6 cm³/mol. The molecule has 0 aliphatic carbocycles. The van der Waals surface area contributed by atoms with Crippen LogP contribution < -0.4 is 11.1 Å². The molecule has 9 heteroatoms. The van der Waals surface area contributed by atoms with Crippen LogP contribution in [0.5, 0.6) is 0 Å². The number of aromatic nitrogens is 3. The summed E-state index contributed by atoms with van der Waals surface area (Å²) in [6, 6.07) is 0. The molecule has 0 fully saturated rings. The predicted octanol–water partition coefficient (Wildman–Crippen LogP) is 0.507. The number of aryl methyl sites for hydroxylation is 1. The molecule has 0 bridgehead atoms. The summed E-state index contributed by atoms with van der Waals surface area (Å²) in [6.45, 7) is 1.61. The van der Waals surface area contributed by atoms with Gasteiger partial charge >= 0.3 is 0 Å². The van der Waals surface area contributed by atoms with Crippen LogP contribution in [0.1, 0.15) is 28.0 Å². The lowest BCUT2D eigenvalue weighted by Crippen LogP contribution is -2.20. The van der Waals surface area contributed by atoms with Gasteiger partial charge in [0.25, 0.3) is 5.91 Å². The summed E-state index contributed by atoms with van der Waals surface area (Å²) in [5.41, 5.74) is 6.90. The number of anilines is 1. The van der Waals surface area contributed by atoms with Crippen molar-refractivity contribution in [2.75, 3.05) is 26.5 Å². The topological polar surface area (TPSA) is 115 Å². The van der Waals surface area contributed by atoms with Gasteiger partial charge in [-0.05, 0) is 6.92 Å². The van der Waals surface area contributed by atoms with E-state index in [9.17, 15) is 9.90 Å². The molecule has 0 saturated carbocycles. The number of hydrogen-bond donors (Lipinski definition) is 4. The van der Waals surface area contributed by atoms with Gasteiger partial charge in [-0.3, -0.25) is 4.79 Å². The molecule has 0 saturated heterocycles. The number of carbonyl (C=O) groups excluding carboxylic acids is 1. The van der Waals surface area contributed by atoms with Gasteiger partial charge in [-0.1, -0.05) is 0 Å². The highest BCUT2D eigenvalue weighted by molar-refractivity contribution is 7.80. The van der Waals surface area contributed by atoms with Crippen molar-refractivity contribution in [2.45, 2.75) is 24.8 Å². The zero-order valence-electron chi connectivity index (χ0n) is 13.3. The highest BCUT2D eigenvalue weighted by atomic mass is 32.1. The molecule has 126 valence electrons. The largest absolute Gasteiger partial charge is 0.394 e. The van der Waals surface area contributed by atoms with Crippen LogP contribution in [0.25, 0.3) is 11.0 Å². The van der Waals surface area contributed by atoms with Gasteiger partial charge in [-0.25, -0.2) is 9.97 Å². The van der Waals surface area contributed by atoms with E-state index in [1.807, 2.05) is 0 Å². The third kappa shape index (κ3) is 3.41. The number of methoxy groups -OCH3 is 1. The van der Waals surface area contributed by atoms with Crippen LogP contribution in [0.4, 0.5) is 5.82 Å². The summed E-state index contributed by atoms with van der Waals surface area (Å²) in [6.07, 6.45) is 1.73. The van der Waals surface area contributed by atoms with Crippen molar-refractivity contribution < 1.29 is 14.6 Å². The number of nitrogens with one attached hydrogen (secondary N) is 1. The number of nitrogens with two attached hydrogens (primary N) is 1. The molecule has 0 aliphatic heterocycles. The Morgan fingerprint density at radius 1 is 1.57 bits per heavy atom. The maximum absolute atomic E-state index is 12.1. The first-order valence-electron chi connectivity index (χ1n) is 7.11. The van der Waals surface area contributed by atoms with Crippen LogP contribution in [0.15, 0.2) is 6.20 Å². The number of thiol groups is 1. The smallest absolute Gasteiger partial charge is 0.253 e. The summed E-state index contributed by atoms with van der Waals surface area (Å²) in [4.78, 5) is 20.6. The second-order valence-corrected chi connectivity index (χ2v) is 5.74. The quantitative estimate of drug-likeness (QED) is 0.570. The van der Waals surface area contributed by atoms with Gasteiger partial charge in [0.15, 0.2) is 0 Å². The summed E-state index contributed by atoms with van der Waals surface area (Å²) in [7, 11) is 3.07. The van der Waals surface area contributed by atoms with Gasteiger partial charge in [-0.15, -0.1) is 0 Å². The third-order valence-corrected chi connectivity index (χ3v) is 4.07. The van der Waals surface area contributed by atoms with E-state index in [-0.39, 0.29) is 29.8 Å². The zero-order valence-corrected chi connectivity index (χ0v) is 14.2. The molecular formula is C14H21N5O3S. The van der Waals surface area contributed by atoms with Gasteiger partial charge < -0.3 is 25.5 Å². The van der Waals surface area contributed by atoms with Crippen molar-refractivity contribution in [2.24, 2.45) is 0 Å². The number of amides is 1. The highest BCUT2D eigenvalue weighted by Crippen LogP contribution is 2.30. The number of ether oxygens (including phenoxy) is 1. The normalized spacial score (nSPS) is 14.0. The van der Waals surface area contributed by atoms with E-state index in [2.05, 4.69) is 27.9 Å². The number of nitrogen functional groups attached to an aromatic ring is 1. The minimum Gasteiger partial charge on any atom is -0.394 e. The van der Waals surface area contributed by atoms with Crippen LogP contribution in [-0.4, -0.2) is 52.4 Å². The molecule has 2 heterocycles. The average molecular weight is 339 g/mol.